The quantitative estimate of drug-likeness (QED) is 0.421. The van der Waals surface area contributed by atoms with E-state index in [0.29, 0.717) is 24.1 Å². The van der Waals surface area contributed by atoms with E-state index in [9.17, 15) is 5.11 Å². The summed E-state index contributed by atoms with van der Waals surface area (Å²) in [5, 5.41) is 14.0. The lowest BCUT2D eigenvalue weighted by Gasteiger charge is -2.25. The summed E-state index contributed by atoms with van der Waals surface area (Å²) in [4.78, 5) is 9.51. The first-order chi connectivity index (χ1) is 13.7. The summed E-state index contributed by atoms with van der Waals surface area (Å²) >= 11 is 0. The van der Waals surface area contributed by atoms with Gasteiger partial charge in [-0.05, 0) is 31.0 Å². The number of guanidine groups is 1. The molecule has 0 aliphatic carbocycles. The highest BCUT2D eigenvalue weighted by Gasteiger charge is 2.29. The van der Waals surface area contributed by atoms with Crippen LogP contribution in [0, 0.1) is 0 Å². The van der Waals surface area contributed by atoms with Gasteiger partial charge >= 0.3 is 0 Å². The molecule has 0 radical (unpaired) electrons. The van der Waals surface area contributed by atoms with Gasteiger partial charge in [0.2, 0.25) is 0 Å². The van der Waals surface area contributed by atoms with Crippen LogP contribution in [-0.4, -0.2) is 80.4 Å². The van der Waals surface area contributed by atoms with Gasteiger partial charge in [0.1, 0.15) is 0 Å². The van der Waals surface area contributed by atoms with Crippen LogP contribution in [0.15, 0.2) is 35.3 Å². The molecule has 1 fully saturated rings. The molecule has 2 atom stereocenters. The molecule has 2 aliphatic heterocycles. The molecule has 2 heterocycles. The number of ether oxygens (including phenoxy) is 2. The van der Waals surface area contributed by atoms with Crippen molar-refractivity contribution < 1.29 is 14.6 Å². The summed E-state index contributed by atoms with van der Waals surface area (Å²) in [5.74, 6) is 2.13. The summed E-state index contributed by atoms with van der Waals surface area (Å²) in [6.45, 7) is 7.22. The number of likely N-dealkylation sites (tertiary alicyclic amines) is 1. The second kappa shape index (κ2) is 9.80. The molecule has 0 aromatic heterocycles. The van der Waals surface area contributed by atoms with Crippen molar-refractivity contribution in [2.24, 2.45) is 4.99 Å². The van der Waals surface area contributed by atoms with Crippen LogP contribution in [0.3, 0.4) is 0 Å². The number of nitrogens with zero attached hydrogens (tertiary/aromatic N) is 3. The number of methoxy groups -OCH3 is 2. The molecule has 2 unspecified atom stereocenters. The smallest absolute Gasteiger partial charge is 0.194 e. The normalized spacial score (nSPS) is 21.2. The second-order valence-corrected chi connectivity index (χ2v) is 7.14. The number of benzene rings is 1. The van der Waals surface area contributed by atoms with E-state index in [1.807, 2.05) is 6.07 Å². The Bertz CT molecular complexity index is 699. The van der Waals surface area contributed by atoms with Gasteiger partial charge in [0, 0.05) is 38.8 Å². The maximum absolute atomic E-state index is 10.6. The molecule has 1 aromatic carbocycles. The Labute approximate surface area is 167 Å². The average molecular weight is 389 g/mol. The van der Waals surface area contributed by atoms with Gasteiger partial charge in [-0.3, -0.25) is 9.89 Å². The van der Waals surface area contributed by atoms with Crippen LogP contribution >= 0.6 is 0 Å². The molecule has 1 saturated heterocycles. The highest BCUT2D eigenvalue weighted by atomic mass is 16.5. The Kier molecular flexibility index (Phi) is 7.17. The molecule has 1 aromatic rings. The molecular weight excluding hydrogens is 356 g/mol. The van der Waals surface area contributed by atoms with Gasteiger partial charge in [-0.2, -0.15) is 0 Å². The van der Waals surface area contributed by atoms with E-state index in [1.165, 1.54) is 0 Å². The van der Waals surface area contributed by atoms with Gasteiger partial charge in [0.05, 0.1) is 26.9 Å². The van der Waals surface area contributed by atoms with Gasteiger partial charge in [0.15, 0.2) is 17.5 Å². The molecular formula is C21H32N4O3. The number of rotatable bonds is 7. The van der Waals surface area contributed by atoms with Gasteiger partial charge in [-0.25, -0.2) is 0 Å². The van der Waals surface area contributed by atoms with Crippen LogP contribution < -0.4 is 14.8 Å². The standard InChI is InChI=1S/C21H32N4O3/c1-4-22-21(25-12-9-17(15-25)24-10-5-6-11-24)23-14-18(26)16-7-8-19(27-2)20(13-16)28-3/h5-8,13,17-18,26H,4,9-12,14-15H2,1-3H3,(H,22,23). The van der Waals surface area contributed by atoms with Crippen LogP contribution in [0.4, 0.5) is 0 Å². The summed E-state index contributed by atoms with van der Waals surface area (Å²) < 4.78 is 10.6. The molecule has 28 heavy (non-hydrogen) atoms. The van der Waals surface area contributed by atoms with Crippen molar-refractivity contribution in [3.8, 4) is 11.5 Å². The summed E-state index contributed by atoms with van der Waals surface area (Å²) in [6.07, 6.45) is 4.92. The third-order valence-electron chi connectivity index (χ3n) is 5.37. The summed E-state index contributed by atoms with van der Waals surface area (Å²) in [6, 6.07) is 6.02. The van der Waals surface area contributed by atoms with Crippen molar-refractivity contribution in [2.45, 2.75) is 25.5 Å². The minimum atomic E-state index is -0.699. The van der Waals surface area contributed by atoms with Crippen LogP contribution in [0.1, 0.15) is 25.0 Å². The predicted molar refractivity (Wildman–Crippen MR) is 111 cm³/mol. The lowest BCUT2D eigenvalue weighted by atomic mass is 10.1. The van der Waals surface area contributed by atoms with Crippen LogP contribution in [-0.2, 0) is 0 Å². The topological polar surface area (TPSA) is 69.6 Å². The summed E-state index contributed by atoms with van der Waals surface area (Å²) in [7, 11) is 3.19. The fourth-order valence-corrected chi connectivity index (χ4v) is 3.79. The van der Waals surface area contributed by atoms with Crippen molar-refractivity contribution in [3.63, 3.8) is 0 Å². The zero-order chi connectivity index (χ0) is 19.9. The third-order valence-corrected chi connectivity index (χ3v) is 5.37. The van der Waals surface area contributed by atoms with E-state index in [4.69, 9.17) is 14.5 Å². The fourth-order valence-electron chi connectivity index (χ4n) is 3.79. The molecule has 0 saturated carbocycles. The largest absolute Gasteiger partial charge is 0.493 e. The number of nitrogens with one attached hydrogen (secondary N) is 1. The first-order valence-corrected chi connectivity index (χ1v) is 9.98. The molecule has 7 nitrogen and oxygen atoms in total. The second-order valence-electron chi connectivity index (χ2n) is 7.14. The highest BCUT2D eigenvalue weighted by Crippen LogP contribution is 2.30. The maximum Gasteiger partial charge on any atom is 0.194 e. The van der Waals surface area contributed by atoms with E-state index in [-0.39, 0.29) is 0 Å². The van der Waals surface area contributed by atoms with Gasteiger partial charge in [0.25, 0.3) is 0 Å². The monoisotopic (exact) mass is 388 g/mol. The van der Waals surface area contributed by atoms with Crippen molar-refractivity contribution in [3.05, 3.63) is 35.9 Å². The number of hydrogen-bond donors (Lipinski definition) is 2. The third kappa shape index (κ3) is 4.77. The van der Waals surface area contributed by atoms with Crippen molar-refractivity contribution in [1.82, 2.24) is 15.1 Å². The molecule has 2 N–H and O–H groups in total. The van der Waals surface area contributed by atoms with Crippen molar-refractivity contribution >= 4 is 5.96 Å². The Morgan fingerprint density at radius 3 is 2.68 bits per heavy atom. The Morgan fingerprint density at radius 2 is 2.00 bits per heavy atom. The average Bonchev–Trinajstić information content (AvgIpc) is 3.42. The van der Waals surface area contributed by atoms with Crippen LogP contribution in [0.2, 0.25) is 0 Å². The van der Waals surface area contributed by atoms with E-state index in [2.05, 4.69) is 34.2 Å². The molecule has 0 bridgehead atoms. The van der Waals surface area contributed by atoms with Crippen molar-refractivity contribution in [1.29, 1.82) is 0 Å². The van der Waals surface area contributed by atoms with Crippen molar-refractivity contribution in [2.75, 3.05) is 53.5 Å². The molecule has 2 aliphatic rings. The first-order valence-electron chi connectivity index (χ1n) is 9.98. The van der Waals surface area contributed by atoms with E-state index < -0.39 is 6.10 Å². The lowest BCUT2D eigenvalue weighted by molar-refractivity contribution is 0.186. The SMILES string of the molecule is CCNC(=NCC(O)c1ccc(OC)c(OC)c1)N1CCC(N2CC=CC2)C1. The Balaban J connectivity index is 1.64. The zero-order valence-corrected chi connectivity index (χ0v) is 17.1. The van der Waals surface area contributed by atoms with E-state index in [0.717, 1.165) is 50.7 Å². The van der Waals surface area contributed by atoms with Crippen LogP contribution in [0.5, 0.6) is 11.5 Å². The zero-order valence-electron chi connectivity index (χ0n) is 17.1. The number of aliphatic hydroxyl groups is 1. The molecule has 0 amide bonds. The van der Waals surface area contributed by atoms with Gasteiger partial charge < -0.3 is 24.8 Å². The molecule has 7 heteroatoms. The van der Waals surface area contributed by atoms with E-state index >= 15 is 0 Å². The van der Waals surface area contributed by atoms with Gasteiger partial charge in [-0.1, -0.05) is 18.2 Å². The Morgan fingerprint density at radius 1 is 1.25 bits per heavy atom. The fraction of sp³-hybridized carbons (Fsp3) is 0.571. The number of aliphatic hydroxyl groups excluding tert-OH is 1. The Hall–Kier alpha value is -2.25. The van der Waals surface area contributed by atoms with Crippen LogP contribution in [0.25, 0.3) is 0 Å². The highest BCUT2D eigenvalue weighted by molar-refractivity contribution is 5.80. The predicted octanol–water partition coefficient (Wildman–Crippen LogP) is 1.65. The number of aliphatic imine (C=N–C) groups is 1. The van der Waals surface area contributed by atoms with E-state index in [1.54, 1.807) is 26.4 Å². The lowest BCUT2D eigenvalue weighted by Crippen LogP contribution is -2.43. The first kappa shape index (κ1) is 20.5. The minimum absolute atomic E-state index is 0.296. The molecule has 3 rings (SSSR count). The molecule has 154 valence electrons. The minimum Gasteiger partial charge on any atom is -0.493 e. The molecule has 0 spiro atoms. The van der Waals surface area contributed by atoms with Gasteiger partial charge in [-0.15, -0.1) is 0 Å². The maximum atomic E-state index is 10.6. The summed E-state index contributed by atoms with van der Waals surface area (Å²) in [5.41, 5.74) is 0.764. The number of hydrogen-bond acceptors (Lipinski definition) is 5.